The maximum Gasteiger partial charge on any atom is 0.252 e. The molecule has 0 aromatic carbocycles. The standard InChI is InChI=1S/C17H27N5O2/c1-13-4-3-5-22(11-13)16(24)12-20-6-8-21(9-7-20)17-18-14(2)10-15(23)19-17/h10,13H,3-9,11-12H2,1-2H3,(H,18,19,23). The smallest absolute Gasteiger partial charge is 0.252 e. The molecule has 1 aromatic heterocycles. The van der Waals surface area contributed by atoms with E-state index in [0.29, 0.717) is 18.4 Å². The van der Waals surface area contributed by atoms with Gasteiger partial charge in [0.05, 0.1) is 6.54 Å². The summed E-state index contributed by atoms with van der Waals surface area (Å²) < 4.78 is 0. The van der Waals surface area contributed by atoms with Gasteiger partial charge in [0.25, 0.3) is 5.56 Å². The zero-order valence-corrected chi connectivity index (χ0v) is 14.6. The van der Waals surface area contributed by atoms with Gasteiger partial charge in [-0.05, 0) is 25.7 Å². The number of rotatable bonds is 3. The quantitative estimate of drug-likeness (QED) is 0.870. The van der Waals surface area contributed by atoms with Crippen LogP contribution in [0.1, 0.15) is 25.5 Å². The lowest BCUT2D eigenvalue weighted by molar-refractivity contribution is -0.134. The molecule has 2 aliphatic heterocycles. The van der Waals surface area contributed by atoms with Crippen LogP contribution in [0.3, 0.4) is 0 Å². The molecule has 2 saturated heterocycles. The largest absolute Gasteiger partial charge is 0.341 e. The molecule has 7 heteroatoms. The Morgan fingerprint density at radius 1 is 1.29 bits per heavy atom. The number of nitrogens with zero attached hydrogens (tertiary/aromatic N) is 4. The van der Waals surface area contributed by atoms with Crippen LogP contribution in [-0.4, -0.2) is 71.5 Å². The Balaban J connectivity index is 1.51. The van der Waals surface area contributed by atoms with E-state index in [0.717, 1.165) is 51.4 Å². The van der Waals surface area contributed by atoms with Crippen molar-refractivity contribution in [2.45, 2.75) is 26.7 Å². The number of hydrogen-bond donors (Lipinski definition) is 1. The van der Waals surface area contributed by atoms with Crippen LogP contribution in [0.2, 0.25) is 0 Å². The van der Waals surface area contributed by atoms with Crippen molar-refractivity contribution >= 4 is 11.9 Å². The number of H-pyrrole nitrogens is 1. The third-order valence-corrected chi connectivity index (χ3v) is 4.90. The first-order valence-corrected chi connectivity index (χ1v) is 8.84. The SMILES string of the molecule is Cc1cc(=O)[nH]c(N2CCN(CC(=O)N3CCCC(C)C3)CC2)n1. The monoisotopic (exact) mass is 333 g/mol. The summed E-state index contributed by atoms with van der Waals surface area (Å²) in [6.07, 6.45) is 2.34. The van der Waals surface area contributed by atoms with Crippen molar-refractivity contribution in [3.8, 4) is 0 Å². The van der Waals surface area contributed by atoms with E-state index in [1.54, 1.807) is 0 Å². The van der Waals surface area contributed by atoms with Gasteiger partial charge in [0.15, 0.2) is 0 Å². The minimum atomic E-state index is -0.116. The summed E-state index contributed by atoms with van der Waals surface area (Å²) in [5, 5.41) is 0. The lowest BCUT2D eigenvalue weighted by Crippen LogP contribution is -2.51. The highest BCUT2D eigenvalue weighted by Crippen LogP contribution is 2.16. The van der Waals surface area contributed by atoms with Gasteiger partial charge in [0, 0.05) is 51.0 Å². The number of piperidine rings is 1. The molecule has 2 aliphatic rings. The van der Waals surface area contributed by atoms with Gasteiger partial charge < -0.3 is 9.80 Å². The number of amides is 1. The van der Waals surface area contributed by atoms with Crippen LogP contribution in [0.25, 0.3) is 0 Å². The van der Waals surface area contributed by atoms with Crippen LogP contribution in [0.5, 0.6) is 0 Å². The number of aryl methyl sites for hydroxylation is 1. The zero-order valence-electron chi connectivity index (χ0n) is 14.6. The highest BCUT2D eigenvalue weighted by atomic mass is 16.2. The average Bonchev–Trinajstić information content (AvgIpc) is 2.54. The number of carbonyl (C=O) groups excluding carboxylic acids is 1. The molecule has 3 rings (SSSR count). The molecule has 1 aromatic rings. The fourth-order valence-corrected chi connectivity index (χ4v) is 3.54. The number of aromatic amines is 1. The predicted octanol–water partition coefficient (Wildman–Crippen LogP) is 0.459. The predicted molar refractivity (Wildman–Crippen MR) is 93.2 cm³/mol. The van der Waals surface area contributed by atoms with Crippen molar-refractivity contribution in [1.29, 1.82) is 0 Å². The molecule has 1 amide bonds. The van der Waals surface area contributed by atoms with Crippen LogP contribution < -0.4 is 10.5 Å². The molecule has 132 valence electrons. The second kappa shape index (κ2) is 7.34. The number of likely N-dealkylation sites (tertiary alicyclic amines) is 1. The Hall–Kier alpha value is -1.89. The summed E-state index contributed by atoms with van der Waals surface area (Å²) in [6.45, 7) is 9.51. The molecule has 1 unspecified atom stereocenters. The summed E-state index contributed by atoms with van der Waals surface area (Å²) in [5.74, 6) is 1.50. The molecule has 0 spiro atoms. The van der Waals surface area contributed by atoms with E-state index in [1.807, 2.05) is 11.8 Å². The van der Waals surface area contributed by atoms with E-state index in [9.17, 15) is 9.59 Å². The molecule has 24 heavy (non-hydrogen) atoms. The van der Waals surface area contributed by atoms with Crippen LogP contribution in [0.4, 0.5) is 5.95 Å². The number of piperazine rings is 1. The first kappa shape index (κ1) is 17.0. The normalized spacial score (nSPS) is 22.7. The van der Waals surface area contributed by atoms with Gasteiger partial charge in [-0.1, -0.05) is 6.92 Å². The van der Waals surface area contributed by atoms with Crippen LogP contribution in [-0.2, 0) is 4.79 Å². The molecule has 0 radical (unpaired) electrons. The Morgan fingerprint density at radius 3 is 2.71 bits per heavy atom. The first-order chi connectivity index (χ1) is 11.5. The summed E-state index contributed by atoms with van der Waals surface area (Å²) in [5.41, 5.74) is 0.611. The van der Waals surface area contributed by atoms with Crippen molar-refractivity contribution < 1.29 is 4.79 Å². The third-order valence-electron chi connectivity index (χ3n) is 4.90. The van der Waals surface area contributed by atoms with E-state index in [4.69, 9.17) is 0 Å². The van der Waals surface area contributed by atoms with Crippen LogP contribution >= 0.6 is 0 Å². The molecule has 0 bridgehead atoms. The van der Waals surface area contributed by atoms with Gasteiger partial charge in [-0.15, -0.1) is 0 Å². The molecule has 0 aliphatic carbocycles. The molecular formula is C17H27N5O2. The molecule has 2 fully saturated rings. The van der Waals surface area contributed by atoms with E-state index < -0.39 is 0 Å². The van der Waals surface area contributed by atoms with Crippen molar-refractivity contribution in [2.24, 2.45) is 5.92 Å². The Morgan fingerprint density at radius 2 is 2.04 bits per heavy atom. The number of nitrogens with one attached hydrogen (secondary N) is 1. The van der Waals surface area contributed by atoms with Crippen molar-refractivity contribution in [3.63, 3.8) is 0 Å². The number of carbonyl (C=O) groups is 1. The third kappa shape index (κ3) is 4.14. The van der Waals surface area contributed by atoms with E-state index in [1.165, 1.54) is 12.5 Å². The van der Waals surface area contributed by atoms with Gasteiger partial charge in [0.2, 0.25) is 11.9 Å². The van der Waals surface area contributed by atoms with Crippen molar-refractivity contribution in [2.75, 3.05) is 50.7 Å². The highest BCUT2D eigenvalue weighted by molar-refractivity contribution is 5.78. The number of anilines is 1. The molecular weight excluding hydrogens is 306 g/mol. The van der Waals surface area contributed by atoms with Gasteiger partial charge in [-0.25, -0.2) is 4.98 Å². The average molecular weight is 333 g/mol. The Bertz CT molecular complexity index is 636. The topological polar surface area (TPSA) is 72.5 Å². The Kier molecular flexibility index (Phi) is 5.18. The van der Waals surface area contributed by atoms with Crippen molar-refractivity contribution in [3.05, 3.63) is 22.1 Å². The second-order valence-corrected chi connectivity index (χ2v) is 7.06. The van der Waals surface area contributed by atoms with E-state index >= 15 is 0 Å². The fraction of sp³-hybridized carbons (Fsp3) is 0.706. The van der Waals surface area contributed by atoms with E-state index in [2.05, 4.69) is 26.7 Å². The number of hydrogen-bond acceptors (Lipinski definition) is 5. The second-order valence-electron chi connectivity index (χ2n) is 7.06. The highest BCUT2D eigenvalue weighted by Gasteiger charge is 2.25. The maximum absolute atomic E-state index is 12.5. The molecule has 7 nitrogen and oxygen atoms in total. The van der Waals surface area contributed by atoms with E-state index in [-0.39, 0.29) is 11.5 Å². The Labute approximate surface area is 142 Å². The summed E-state index contributed by atoms with van der Waals surface area (Å²) >= 11 is 0. The van der Waals surface area contributed by atoms with Gasteiger partial charge in [-0.2, -0.15) is 0 Å². The van der Waals surface area contributed by atoms with Crippen LogP contribution in [0, 0.1) is 12.8 Å². The van der Waals surface area contributed by atoms with Gasteiger partial charge >= 0.3 is 0 Å². The molecule has 1 atom stereocenters. The summed E-state index contributed by atoms with van der Waals surface area (Å²) in [4.78, 5) is 37.5. The summed E-state index contributed by atoms with van der Waals surface area (Å²) in [7, 11) is 0. The molecule has 3 heterocycles. The molecule has 1 N–H and O–H groups in total. The maximum atomic E-state index is 12.5. The first-order valence-electron chi connectivity index (χ1n) is 8.84. The minimum absolute atomic E-state index is 0.116. The van der Waals surface area contributed by atoms with Crippen molar-refractivity contribution in [1.82, 2.24) is 19.8 Å². The lowest BCUT2D eigenvalue weighted by atomic mass is 10.0. The fourth-order valence-electron chi connectivity index (χ4n) is 3.54. The zero-order chi connectivity index (χ0) is 17.1. The number of aromatic nitrogens is 2. The van der Waals surface area contributed by atoms with Gasteiger partial charge in [-0.3, -0.25) is 19.5 Å². The minimum Gasteiger partial charge on any atom is -0.341 e. The van der Waals surface area contributed by atoms with Crippen LogP contribution in [0.15, 0.2) is 10.9 Å². The molecule has 0 saturated carbocycles. The van der Waals surface area contributed by atoms with Gasteiger partial charge in [0.1, 0.15) is 0 Å². The lowest BCUT2D eigenvalue weighted by Gasteiger charge is -2.37. The summed E-state index contributed by atoms with van der Waals surface area (Å²) in [6, 6.07) is 1.50.